The van der Waals surface area contributed by atoms with Crippen LogP contribution in [0.2, 0.25) is 0 Å². The molecular formula is C29H24F5N5O4S. The Morgan fingerprint density at radius 1 is 1.00 bits per heavy atom. The molecule has 2 saturated heterocycles. The zero-order valence-corrected chi connectivity index (χ0v) is 23.8. The molecule has 2 bridgehead atoms. The van der Waals surface area contributed by atoms with Crippen molar-refractivity contribution in [2.24, 2.45) is 11.8 Å². The highest BCUT2D eigenvalue weighted by atomic mass is 32.1. The normalized spacial score (nSPS) is 18.3. The monoisotopic (exact) mass is 633 g/mol. The number of methoxy groups -OCH3 is 1. The number of ether oxygens (including phenoxy) is 2. The highest BCUT2D eigenvalue weighted by molar-refractivity contribution is 7.22. The first-order chi connectivity index (χ1) is 21.0. The maximum Gasteiger partial charge on any atom is 0.419 e. The Balaban J connectivity index is 1.30. The lowest BCUT2D eigenvalue weighted by Gasteiger charge is -2.41. The van der Waals surface area contributed by atoms with Gasteiger partial charge in [0.1, 0.15) is 22.7 Å². The second-order valence-corrected chi connectivity index (χ2v) is 11.5. The number of halogens is 5. The molecule has 230 valence electrons. The number of thiazole rings is 1. The second-order valence-electron chi connectivity index (χ2n) is 10.5. The van der Waals surface area contributed by atoms with Crippen molar-refractivity contribution in [3.8, 4) is 5.75 Å². The van der Waals surface area contributed by atoms with Crippen LogP contribution in [0.25, 0.3) is 10.2 Å². The van der Waals surface area contributed by atoms with Gasteiger partial charge in [0, 0.05) is 30.6 Å². The van der Waals surface area contributed by atoms with E-state index in [2.05, 4.69) is 20.5 Å². The molecule has 4 aromatic rings. The van der Waals surface area contributed by atoms with E-state index in [4.69, 9.17) is 14.5 Å². The number of aromatic nitrogens is 2. The van der Waals surface area contributed by atoms with Gasteiger partial charge in [-0.05, 0) is 36.8 Å². The van der Waals surface area contributed by atoms with Gasteiger partial charge in [-0.3, -0.25) is 14.6 Å². The van der Waals surface area contributed by atoms with Crippen molar-refractivity contribution >= 4 is 49.9 Å². The molecule has 2 atom stereocenters. The molecule has 2 N–H and O–H groups in total. The first-order valence-corrected chi connectivity index (χ1v) is 14.3. The summed E-state index contributed by atoms with van der Waals surface area (Å²) in [7, 11) is 1.38. The van der Waals surface area contributed by atoms with Crippen LogP contribution in [0.4, 0.5) is 38.5 Å². The van der Waals surface area contributed by atoms with E-state index in [0.29, 0.717) is 53.6 Å². The Labute approximate surface area is 251 Å². The molecule has 0 spiro atoms. The summed E-state index contributed by atoms with van der Waals surface area (Å²) in [6, 6.07) is 5.11. The van der Waals surface area contributed by atoms with Crippen LogP contribution < -0.4 is 20.3 Å². The Hall–Kier alpha value is -4.37. The van der Waals surface area contributed by atoms with Crippen molar-refractivity contribution in [3.63, 3.8) is 0 Å². The third-order valence-corrected chi connectivity index (χ3v) is 8.61. The number of anilines is 3. The lowest BCUT2D eigenvalue weighted by Crippen LogP contribution is -2.46. The van der Waals surface area contributed by atoms with Crippen LogP contribution in [-0.2, 0) is 10.9 Å². The van der Waals surface area contributed by atoms with Gasteiger partial charge in [-0.25, -0.2) is 13.8 Å². The molecule has 2 aliphatic rings. The SMILES string of the molecule is COc1ccc2nc(N3CC4COCC(C4)C3)sc2c1C(=O)Nc1cncc(F)c1C(=O)Nc1ccc(F)c(C(F)(F)F)c1. The van der Waals surface area contributed by atoms with Gasteiger partial charge >= 0.3 is 6.18 Å². The lowest BCUT2D eigenvalue weighted by atomic mass is 9.88. The van der Waals surface area contributed by atoms with E-state index in [0.717, 1.165) is 36.9 Å². The van der Waals surface area contributed by atoms with Crippen LogP contribution in [-0.4, -0.2) is 55.2 Å². The summed E-state index contributed by atoms with van der Waals surface area (Å²) in [4.78, 5) is 37.4. The molecule has 44 heavy (non-hydrogen) atoms. The Bertz CT molecular complexity index is 1750. The number of carbonyl (C=O) groups is 2. The molecule has 2 unspecified atom stereocenters. The number of fused-ring (bicyclic) bond motifs is 3. The standard InChI is InChI=1S/C29H24F5N5O4S/c1-42-22-5-4-20-25(44-28(38-20)39-10-14-6-15(11-39)13-43-12-14)24(22)27(41)37-21-9-35-8-19(31)23(21)26(40)36-16-2-3-18(30)17(7-16)29(32,33)34/h2-5,7-9,14-15H,6,10-13H2,1H3,(H,36,40)(H,37,41). The van der Waals surface area contributed by atoms with Crippen LogP contribution in [0.1, 0.15) is 32.7 Å². The number of nitrogens with one attached hydrogen (secondary N) is 2. The number of amides is 2. The van der Waals surface area contributed by atoms with Gasteiger partial charge in [0.25, 0.3) is 11.8 Å². The third kappa shape index (κ3) is 5.76. The average molecular weight is 634 g/mol. The number of hydrogen-bond donors (Lipinski definition) is 2. The van der Waals surface area contributed by atoms with E-state index in [9.17, 15) is 31.5 Å². The molecule has 0 saturated carbocycles. The molecule has 9 nitrogen and oxygen atoms in total. The van der Waals surface area contributed by atoms with Gasteiger partial charge in [0.05, 0.1) is 54.2 Å². The second kappa shape index (κ2) is 11.6. The number of benzene rings is 2. The van der Waals surface area contributed by atoms with Gasteiger partial charge in [0.15, 0.2) is 10.9 Å². The zero-order chi connectivity index (χ0) is 31.2. The van der Waals surface area contributed by atoms with E-state index in [-0.39, 0.29) is 17.0 Å². The van der Waals surface area contributed by atoms with Gasteiger partial charge in [-0.2, -0.15) is 13.2 Å². The minimum atomic E-state index is -5.02. The molecule has 4 heterocycles. The molecule has 6 rings (SSSR count). The Morgan fingerprint density at radius 3 is 2.43 bits per heavy atom. The van der Waals surface area contributed by atoms with E-state index < -0.39 is 46.4 Å². The Kier molecular flexibility index (Phi) is 7.84. The van der Waals surface area contributed by atoms with Gasteiger partial charge in [0.2, 0.25) is 0 Å². The Morgan fingerprint density at radius 2 is 1.73 bits per heavy atom. The van der Waals surface area contributed by atoms with E-state index in [1.54, 1.807) is 12.1 Å². The van der Waals surface area contributed by atoms with E-state index in [1.165, 1.54) is 18.4 Å². The van der Waals surface area contributed by atoms with Crippen molar-refractivity contribution < 1.29 is 41.0 Å². The highest BCUT2D eigenvalue weighted by Gasteiger charge is 2.35. The quantitative estimate of drug-likeness (QED) is 0.252. The fourth-order valence-corrected chi connectivity index (χ4v) is 6.68. The number of hydrogen-bond acceptors (Lipinski definition) is 8. The lowest BCUT2D eigenvalue weighted by molar-refractivity contribution is -0.139. The van der Waals surface area contributed by atoms with Crippen LogP contribution in [0, 0.1) is 23.5 Å². The number of pyridine rings is 1. The van der Waals surface area contributed by atoms with Gasteiger partial charge in [-0.15, -0.1) is 0 Å². The maximum absolute atomic E-state index is 14.9. The number of carbonyl (C=O) groups excluding carboxylic acids is 2. The van der Waals surface area contributed by atoms with E-state index >= 15 is 0 Å². The molecule has 2 fully saturated rings. The van der Waals surface area contributed by atoms with Gasteiger partial charge < -0.3 is 25.0 Å². The van der Waals surface area contributed by atoms with Crippen LogP contribution in [0.15, 0.2) is 42.7 Å². The molecule has 15 heteroatoms. The summed E-state index contributed by atoms with van der Waals surface area (Å²) < 4.78 is 79.8. The summed E-state index contributed by atoms with van der Waals surface area (Å²) in [5, 5.41) is 5.35. The smallest absolute Gasteiger partial charge is 0.419 e. The summed E-state index contributed by atoms with van der Waals surface area (Å²) in [5.74, 6) is -3.67. The molecule has 0 aliphatic carbocycles. The van der Waals surface area contributed by atoms with Crippen molar-refractivity contribution in [3.05, 3.63) is 71.1 Å². The average Bonchev–Trinajstić information content (AvgIpc) is 3.41. The van der Waals surface area contributed by atoms with Crippen molar-refractivity contribution in [1.29, 1.82) is 0 Å². The van der Waals surface area contributed by atoms with Crippen LogP contribution in [0.5, 0.6) is 5.75 Å². The highest BCUT2D eigenvalue weighted by Crippen LogP contribution is 2.39. The summed E-state index contributed by atoms with van der Waals surface area (Å²) in [6.45, 7) is 2.89. The first-order valence-electron chi connectivity index (χ1n) is 13.4. The fourth-order valence-electron chi connectivity index (χ4n) is 5.56. The fraction of sp³-hybridized carbons (Fsp3) is 0.310. The van der Waals surface area contributed by atoms with Crippen LogP contribution in [0.3, 0.4) is 0 Å². The zero-order valence-electron chi connectivity index (χ0n) is 23.0. The predicted octanol–water partition coefficient (Wildman–Crippen LogP) is 5.97. The van der Waals surface area contributed by atoms with E-state index in [1.807, 2.05) is 0 Å². The predicted molar refractivity (Wildman–Crippen MR) is 152 cm³/mol. The first kappa shape index (κ1) is 29.7. The van der Waals surface area contributed by atoms with Crippen LogP contribution >= 0.6 is 11.3 Å². The number of nitrogens with zero attached hydrogens (tertiary/aromatic N) is 3. The number of rotatable bonds is 6. The molecule has 2 amide bonds. The van der Waals surface area contributed by atoms with Crippen molar-refractivity contribution in [2.75, 3.05) is 48.9 Å². The minimum absolute atomic E-state index is 0.0956. The maximum atomic E-state index is 14.9. The number of piperidine rings is 1. The molecule has 2 aromatic heterocycles. The summed E-state index contributed by atoms with van der Waals surface area (Å²) >= 11 is 1.30. The molecular weight excluding hydrogens is 609 g/mol. The minimum Gasteiger partial charge on any atom is -0.496 e. The van der Waals surface area contributed by atoms with Gasteiger partial charge in [-0.1, -0.05) is 11.3 Å². The molecule has 2 aromatic carbocycles. The third-order valence-electron chi connectivity index (χ3n) is 7.46. The summed E-state index contributed by atoms with van der Waals surface area (Å²) in [6.07, 6.45) is -2.19. The molecule has 2 aliphatic heterocycles. The summed E-state index contributed by atoms with van der Waals surface area (Å²) in [5.41, 5.74) is -2.45. The molecule has 0 radical (unpaired) electrons. The number of alkyl halides is 3. The topological polar surface area (TPSA) is 106 Å². The van der Waals surface area contributed by atoms with Crippen molar-refractivity contribution in [2.45, 2.75) is 12.6 Å². The largest absolute Gasteiger partial charge is 0.496 e. The van der Waals surface area contributed by atoms with Crippen molar-refractivity contribution in [1.82, 2.24) is 9.97 Å².